The lowest BCUT2D eigenvalue weighted by Gasteiger charge is -2.17. The minimum absolute atomic E-state index is 0.0308. The van der Waals surface area contributed by atoms with Crippen LogP contribution in [0.25, 0.3) is 0 Å². The van der Waals surface area contributed by atoms with E-state index in [1.807, 2.05) is 26.8 Å². The van der Waals surface area contributed by atoms with E-state index < -0.39 is 11.6 Å². The van der Waals surface area contributed by atoms with E-state index in [2.05, 4.69) is 5.32 Å². The van der Waals surface area contributed by atoms with Gasteiger partial charge in [0.1, 0.15) is 22.3 Å². The summed E-state index contributed by atoms with van der Waals surface area (Å²) in [5.74, 6) is -1.40. The Kier molecular flexibility index (Phi) is 4.58. The topological polar surface area (TPSA) is 38.0 Å². The Morgan fingerprint density at radius 3 is 2.24 bits per heavy atom. The molecule has 2 rings (SSSR count). The Morgan fingerprint density at radius 2 is 1.81 bits per heavy atom. The third kappa shape index (κ3) is 3.39. The fraction of sp³-hybridized carbons (Fsp3) is 0.267. The molecule has 0 bridgehead atoms. The van der Waals surface area contributed by atoms with E-state index in [0.717, 1.165) is 22.6 Å². The molecule has 3 N–H and O–H groups in total. The lowest BCUT2D eigenvalue weighted by atomic mass is 10.1. The minimum Gasteiger partial charge on any atom is -0.389 e. The van der Waals surface area contributed by atoms with E-state index in [-0.39, 0.29) is 22.3 Å². The van der Waals surface area contributed by atoms with Gasteiger partial charge in [-0.25, -0.2) is 8.78 Å². The van der Waals surface area contributed by atoms with Gasteiger partial charge in [-0.05, 0) is 44.5 Å². The van der Waals surface area contributed by atoms with Crippen molar-refractivity contribution in [1.82, 2.24) is 0 Å². The molecule has 1 aromatic heterocycles. The number of thiophene rings is 1. The first-order chi connectivity index (χ1) is 9.79. The zero-order valence-corrected chi connectivity index (χ0v) is 13.6. The fourth-order valence-electron chi connectivity index (χ4n) is 2.23. The van der Waals surface area contributed by atoms with Crippen molar-refractivity contribution in [2.24, 2.45) is 5.73 Å². The molecule has 1 unspecified atom stereocenters. The molecule has 0 aliphatic carbocycles. The lowest BCUT2D eigenvalue weighted by Crippen LogP contribution is -2.13. The van der Waals surface area contributed by atoms with Crippen molar-refractivity contribution < 1.29 is 8.78 Å². The normalized spacial score (nSPS) is 12.2. The molecule has 0 amide bonds. The van der Waals surface area contributed by atoms with Gasteiger partial charge in [0.05, 0.1) is 0 Å². The number of hydrogen-bond donors (Lipinski definition) is 2. The summed E-state index contributed by atoms with van der Waals surface area (Å²) >= 11 is 6.40. The number of nitrogens with one attached hydrogen (secondary N) is 1. The van der Waals surface area contributed by atoms with Gasteiger partial charge in [0.15, 0.2) is 0 Å². The maximum absolute atomic E-state index is 14.0. The van der Waals surface area contributed by atoms with E-state index >= 15 is 0 Å². The van der Waals surface area contributed by atoms with Gasteiger partial charge in [0.2, 0.25) is 0 Å². The predicted molar refractivity (Wildman–Crippen MR) is 88.1 cm³/mol. The molecule has 0 saturated carbocycles. The number of halogens is 2. The van der Waals surface area contributed by atoms with E-state index in [1.54, 1.807) is 11.3 Å². The van der Waals surface area contributed by atoms with Crippen molar-refractivity contribution in [3.05, 3.63) is 50.7 Å². The van der Waals surface area contributed by atoms with Crippen molar-refractivity contribution in [1.29, 1.82) is 0 Å². The maximum Gasteiger partial charge on any atom is 0.150 e. The van der Waals surface area contributed by atoms with E-state index in [4.69, 9.17) is 18.0 Å². The van der Waals surface area contributed by atoms with Gasteiger partial charge in [-0.3, -0.25) is 0 Å². The highest BCUT2D eigenvalue weighted by Crippen LogP contribution is 2.30. The molecule has 1 heterocycles. The number of aryl methyl sites for hydroxylation is 2. The van der Waals surface area contributed by atoms with Crippen LogP contribution in [0.1, 0.15) is 33.8 Å². The van der Waals surface area contributed by atoms with Crippen molar-refractivity contribution in [2.45, 2.75) is 26.8 Å². The number of nitrogens with two attached hydrogens (primary N) is 1. The van der Waals surface area contributed by atoms with Gasteiger partial charge in [0, 0.05) is 21.4 Å². The van der Waals surface area contributed by atoms with Crippen LogP contribution in [-0.4, -0.2) is 4.99 Å². The van der Waals surface area contributed by atoms with Gasteiger partial charge >= 0.3 is 0 Å². The highest BCUT2D eigenvalue weighted by molar-refractivity contribution is 7.80. The molecule has 2 aromatic rings. The van der Waals surface area contributed by atoms with E-state index in [1.165, 1.54) is 4.88 Å². The first-order valence-corrected chi connectivity index (χ1v) is 7.64. The highest BCUT2D eigenvalue weighted by atomic mass is 32.1. The van der Waals surface area contributed by atoms with Crippen LogP contribution in [0.5, 0.6) is 0 Å². The van der Waals surface area contributed by atoms with Crippen LogP contribution < -0.4 is 11.1 Å². The maximum atomic E-state index is 14.0. The second-order valence-corrected chi connectivity index (χ2v) is 6.81. The van der Waals surface area contributed by atoms with Crippen LogP contribution in [0.2, 0.25) is 0 Å². The lowest BCUT2D eigenvalue weighted by molar-refractivity contribution is 0.584. The van der Waals surface area contributed by atoms with Gasteiger partial charge < -0.3 is 11.1 Å². The average Bonchev–Trinajstić information content (AvgIpc) is 2.72. The number of rotatable bonds is 4. The Hall–Kier alpha value is -1.53. The minimum atomic E-state index is -0.700. The van der Waals surface area contributed by atoms with E-state index in [9.17, 15) is 8.78 Å². The summed E-state index contributed by atoms with van der Waals surface area (Å²) in [6.07, 6.45) is 0. The van der Waals surface area contributed by atoms with Crippen molar-refractivity contribution in [3.63, 3.8) is 0 Å². The molecule has 0 spiro atoms. The second-order valence-electron chi connectivity index (χ2n) is 4.91. The Bertz CT molecular complexity index is 672. The fourth-order valence-corrected chi connectivity index (χ4v) is 3.37. The summed E-state index contributed by atoms with van der Waals surface area (Å²) in [5, 5.41) is 2.89. The zero-order valence-electron chi connectivity index (χ0n) is 12.0. The molecule has 1 atom stereocenters. The molecule has 112 valence electrons. The average molecular weight is 326 g/mol. The number of thiocarbonyl (C=S) groups is 1. The number of benzene rings is 1. The smallest absolute Gasteiger partial charge is 0.150 e. The second kappa shape index (κ2) is 6.07. The third-order valence-electron chi connectivity index (χ3n) is 3.23. The molecule has 6 heteroatoms. The van der Waals surface area contributed by atoms with E-state index in [0.29, 0.717) is 0 Å². The van der Waals surface area contributed by atoms with Crippen molar-refractivity contribution >= 4 is 34.2 Å². The molecule has 0 aliphatic heterocycles. The molecular formula is C15H16F2N2S2. The summed E-state index contributed by atoms with van der Waals surface area (Å²) in [4.78, 5) is 2.27. The largest absolute Gasteiger partial charge is 0.389 e. The van der Waals surface area contributed by atoms with Gasteiger partial charge in [-0.2, -0.15) is 0 Å². The number of anilines is 1. The summed E-state index contributed by atoms with van der Waals surface area (Å²) in [7, 11) is 0. The van der Waals surface area contributed by atoms with Gasteiger partial charge in [0.25, 0.3) is 0 Å². The van der Waals surface area contributed by atoms with Crippen LogP contribution in [0.15, 0.2) is 18.2 Å². The summed E-state index contributed by atoms with van der Waals surface area (Å²) in [6, 6.07) is 4.12. The molecule has 2 nitrogen and oxygen atoms in total. The molecule has 0 fully saturated rings. The standard InChI is InChI=1S/C15H16F2N2S2/c1-7-4-11(9(3)21-7)8(2)19-14-12(16)5-10(15(18)20)6-13(14)17/h4-6,8,19H,1-3H3,(H2,18,20). The molecule has 0 radical (unpaired) electrons. The molecule has 0 saturated heterocycles. The van der Waals surface area contributed by atoms with Crippen LogP contribution in [-0.2, 0) is 0 Å². The summed E-state index contributed by atoms with van der Waals surface area (Å²) in [6.45, 7) is 5.87. The summed E-state index contributed by atoms with van der Waals surface area (Å²) < 4.78 is 28.1. The first-order valence-electron chi connectivity index (χ1n) is 6.42. The monoisotopic (exact) mass is 326 g/mol. The zero-order chi connectivity index (χ0) is 15.7. The Balaban J connectivity index is 2.31. The quantitative estimate of drug-likeness (QED) is 0.815. The first kappa shape index (κ1) is 15.9. The summed E-state index contributed by atoms with van der Waals surface area (Å²) in [5.41, 5.74) is 6.45. The van der Waals surface area contributed by atoms with Crippen molar-refractivity contribution in [3.8, 4) is 0 Å². The molecular weight excluding hydrogens is 310 g/mol. The molecule has 1 aromatic carbocycles. The van der Waals surface area contributed by atoms with Gasteiger partial charge in [-0.15, -0.1) is 11.3 Å². The molecule has 21 heavy (non-hydrogen) atoms. The van der Waals surface area contributed by atoms with Gasteiger partial charge in [-0.1, -0.05) is 12.2 Å². The van der Waals surface area contributed by atoms with Crippen LogP contribution >= 0.6 is 23.6 Å². The SMILES string of the molecule is Cc1cc(C(C)Nc2c(F)cc(C(N)=S)cc2F)c(C)s1. The predicted octanol–water partition coefficient (Wildman–Crippen LogP) is 4.45. The Morgan fingerprint density at radius 1 is 1.24 bits per heavy atom. The molecule has 0 aliphatic rings. The third-order valence-corrected chi connectivity index (χ3v) is 4.45. The Labute approximate surface area is 132 Å². The highest BCUT2D eigenvalue weighted by Gasteiger charge is 2.17. The number of hydrogen-bond acceptors (Lipinski definition) is 3. The van der Waals surface area contributed by atoms with Crippen LogP contribution in [0, 0.1) is 25.5 Å². The van der Waals surface area contributed by atoms with Crippen LogP contribution in [0.4, 0.5) is 14.5 Å². The van der Waals surface area contributed by atoms with Crippen LogP contribution in [0.3, 0.4) is 0 Å². The van der Waals surface area contributed by atoms with Crippen molar-refractivity contribution in [2.75, 3.05) is 5.32 Å².